The van der Waals surface area contributed by atoms with Crippen molar-refractivity contribution in [1.82, 2.24) is 14.9 Å². The highest BCUT2D eigenvalue weighted by Gasteiger charge is 2.23. The molecule has 1 aliphatic carbocycles. The lowest BCUT2D eigenvalue weighted by Crippen LogP contribution is -2.11. The van der Waals surface area contributed by atoms with Crippen molar-refractivity contribution in [1.29, 1.82) is 0 Å². The van der Waals surface area contributed by atoms with E-state index in [1.165, 1.54) is 19.3 Å². The minimum absolute atomic E-state index is 0.0704. The fraction of sp³-hybridized carbons (Fsp3) is 0.467. The summed E-state index contributed by atoms with van der Waals surface area (Å²) in [6, 6.07) is 3.59. The quantitative estimate of drug-likeness (QED) is 0.645. The number of furan rings is 1. The molecule has 8 heteroatoms. The van der Waals surface area contributed by atoms with Gasteiger partial charge in [0.2, 0.25) is 5.16 Å². The zero-order chi connectivity index (χ0) is 16.1. The molecule has 0 aromatic carbocycles. The Labute approximate surface area is 137 Å². The van der Waals surface area contributed by atoms with Gasteiger partial charge in [-0.1, -0.05) is 31.0 Å². The number of nitrogens with zero attached hydrogens (tertiary/aromatic N) is 4. The van der Waals surface area contributed by atoms with E-state index in [0.717, 1.165) is 30.4 Å². The van der Waals surface area contributed by atoms with Crippen LogP contribution in [0.5, 0.6) is 0 Å². The highest BCUT2D eigenvalue weighted by molar-refractivity contribution is 7.99. The zero-order valence-electron chi connectivity index (χ0n) is 12.6. The molecule has 0 spiro atoms. The van der Waals surface area contributed by atoms with Crippen molar-refractivity contribution in [2.24, 2.45) is 5.10 Å². The minimum atomic E-state index is -0.890. The second-order valence-electron chi connectivity index (χ2n) is 5.43. The fourth-order valence-corrected chi connectivity index (χ4v) is 3.31. The average molecular weight is 334 g/mol. The fourth-order valence-electron chi connectivity index (χ4n) is 2.70. The van der Waals surface area contributed by atoms with E-state index < -0.39 is 5.97 Å². The van der Waals surface area contributed by atoms with Gasteiger partial charge < -0.3 is 9.52 Å². The average Bonchev–Trinajstić information content (AvgIpc) is 3.21. The Kier molecular flexibility index (Phi) is 5.12. The van der Waals surface area contributed by atoms with Crippen LogP contribution in [0.2, 0.25) is 0 Å². The molecule has 122 valence electrons. The van der Waals surface area contributed by atoms with Gasteiger partial charge in [-0.2, -0.15) is 9.78 Å². The SMILES string of the molecule is O=C(O)CSc1nnc(C2CCCCC2)n1/N=C\c1ccco1. The first-order valence-electron chi connectivity index (χ1n) is 7.62. The summed E-state index contributed by atoms with van der Waals surface area (Å²) in [4.78, 5) is 10.8. The van der Waals surface area contributed by atoms with Gasteiger partial charge in [0.25, 0.3) is 0 Å². The molecule has 1 fully saturated rings. The summed E-state index contributed by atoms with van der Waals surface area (Å²) < 4.78 is 6.91. The van der Waals surface area contributed by atoms with Crippen LogP contribution in [0.1, 0.15) is 49.6 Å². The van der Waals surface area contributed by atoms with E-state index in [1.54, 1.807) is 29.3 Å². The number of hydrogen-bond donors (Lipinski definition) is 1. The molecule has 0 bridgehead atoms. The standard InChI is InChI=1S/C15H18N4O3S/c20-13(21)10-23-15-18-17-14(11-5-2-1-3-6-11)19(15)16-9-12-7-4-8-22-12/h4,7-9,11H,1-3,5-6,10H2,(H,20,21)/b16-9-. The number of carboxylic acids is 1. The van der Waals surface area contributed by atoms with Crippen LogP contribution in [0.3, 0.4) is 0 Å². The zero-order valence-corrected chi connectivity index (χ0v) is 13.4. The van der Waals surface area contributed by atoms with Crippen molar-refractivity contribution in [3.8, 4) is 0 Å². The maximum Gasteiger partial charge on any atom is 0.313 e. The Hall–Kier alpha value is -2.09. The second-order valence-corrected chi connectivity index (χ2v) is 6.37. The second kappa shape index (κ2) is 7.45. The molecule has 3 rings (SSSR count). The van der Waals surface area contributed by atoms with Crippen LogP contribution in [0.15, 0.2) is 33.1 Å². The molecule has 2 aromatic rings. The van der Waals surface area contributed by atoms with E-state index in [1.807, 2.05) is 0 Å². The molecule has 1 aliphatic rings. The van der Waals surface area contributed by atoms with Gasteiger partial charge in [0.05, 0.1) is 18.2 Å². The summed E-state index contributed by atoms with van der Waals surface area (Å²) in [5.74, 6) is 0.796. The first-order valence-corrected chi connectivity index (χ1v) is 8.60. The highest BCUT2D eigenvalue weighted by atomic mass is 32.2. The number of thioether (sulfide) groups is 1. The van der Waals surface area contributed by atoms with Gasteiger partial charge >= 0.3 is 5.97 Å². The monoisotopic (exact) mass is 334 g/mol. The lowest BCUT2D eigenvalue weighted by Gasteiger charge is -2.20. The van der Waals surface area contributed by atoms with Crippen molar-refractivity contribution in [2.75, 3.05) is 5.75 Å². The largest absolute Gasteiger partial charge is 0.481 e. The molecule has 0 unspecified atom stereocenters. The molecular weight excluding hydrogens is 316 g/mol. The third kappa shape index (κ3) is 4.01. The van der Waals surface area contributed by atoms with E-state index in [0.29, 0.717) is 16.8 Å². The lowest BCUT2D eigenvalue weighted by molar-refractivity contribution is -0.133. The Morgan fingerprint density at radius 3 is 2.96 bits per heavy atom. The summed E-state index contributed by atoms with van der Waals surface area (Å²) >= 11 is 1.12. The third-order valence-corrected chi connectivity index (χ3v) is 4.68. The van der Waals surface area contributed by atoms with Crippen LogP contribution in [-0.2, 0) is 4.79 Å². The Morgan fingerprint density at radius 1 is 1.43 bits per heavy atom. The van der Waals surface area contributed by atoms with Crippen LogP contribution < -0.4 is 0 Å². The number of rotatable bonds is 6. The van der Waals surface area contributed by atoms with Gasteiger partial charge in [-0.05, 0) is 25.0 Å². The van der Waals surface area contributed by atoms with Crippen molar-refractivity contribution in [3.63, 3.8) is 0 Å². The summed E-state index contributed by atoms with van der Waals surface area (Å²) in [6.45, 7) is 0. The van der Waals surface area contributed by atoms with E-state index in [9.17, 15) is 4.79 Å². The van der Waals surface area contributed by atoms with Crippen LogP contribution in [0.4, 0.5) is 0 Å². The number of hydrogen-bond acceptors (Lipinski definition) is 6. The van der Waals surface area contributed by atoms with Crippen LogP contribution in [0, 0.1) is 0 Å². The molecule has 0 radical (unpaired) electrons. The first-order chi connectivity index (χ1) is 11.2. The molecule has 7 nitrogen and oxygen atoms in total. The third-order valence-electron chi connectivity index (χ3n) is 3.77. The molecule has 0 atom stereocenters. The molecule has 0 aliphatic heterocycles. The van der Waals surface area contributed by atoms with Crippen LogP contribution in [-0.4, -0.2) is 37.9 Å². The van der Waals surface area contributed by atoms with Gasteiger partial charge in [0.1, 0.15) is 5.76 Å². The Morgan fingerprint density at radius 2 is 2.26 bits per heavy atom. The van der Waals surface area contributed by atoms with E-state index in [2.05, 4.69) is 15.3 Å². The van der Waals surface area contributed by atoms with Crippen molar-refractivity contribution >= 4 is 23.9 Å². The minimum Gasteiger partial charge on any atom is -0.481 e. The van der Waals surface area contributed by atoms with Crippen molar-refractivity contribution in [3.05, 3.63) is 30.0 Å². The van der Waals surface area contributed by atoms with Gasteiger partial charge in [-0.3, -0.25) is 4.79 Å². The number of carbonyl (C=O) groups is 1. The lowest BCUT2D eigenvalue weighted by atomic mass is 9.89. The van der Waals surface area contributed by atoms with Crippen LogP contribution in [0.25, 0.3) is 0 Å². The summed E-state index contributed by atoms with van der Waals surface area (Å²) in [6.07, 6.45) is 8.92. The highest BCUT2D eigenvalue weighted by Crippen LogP contribution is 2.33. The molecule has 23 heavy (non-hydrogen) atoms. The summed E-state index contributed by atoms with van der Waals surface area (Å²) in [5.41, 5.74) is 0. The molecule has 1 N–H and O–H groups in total. The maximum atomic E-state index is 10.8. The molecule has 2 aromatic heterocycles. The number of aromatic nitrogens is 3. The van der Waals surface area contributed by atoms with E-state index in [-0.39, 0.29) is 5.75 Å². The van der Waals surface area contributed by atoms with Crippen LogP contribution >= 0.6 is 11.8 Å². The Balaban J connectivity index is 1.87. The smallest absolute Gasteiger partial charge is 0.313 e. The molecule has 0 amide bonds. The molecular formula is C15H18N4O3S. The van der Waals surface area contributed by atoms with Gasteiger partial charge in [0, 0.05) is 5.92 Å². The van der Waals surface area contributed by atoms with E-state index >= 15 is 0 Å². The van der Waals surface area contributed by atoms with Gasteiger partial charge in [-0.15, -0.1) is 10.2 Å². The predicted octanol–water partition coefficient (Wildman–Crippen LogP) is 2.98. The van der Waals surface area contributed by atoms with Crippen molar-refractivity contribution in [2.45, 2.75) is 43.2 Å². The summed E-state index contributed by atoms with van der Waals surface area (Å²) in [5, 5.41) is 22.2. The number of carboxylic acid groups (broad SMARTS) is 1. The molecule has 2 heterocycles. The topological polar surface area (TPSA) is 93.5 Å². The predicted molar refractivity (Wildman–Crippen MR) is 85.9 cm³/mol. The Bertz CT molecular complexity index is 675. The molecule has 1 saturated carbocycles. The van der Waals surface area contributed by atoms with Gasteiger partial charge in [-0.25, -0.2) is 0 Å². The van der Waals surface area contributed by atoms with E-state index in [4.69, 9.17) is 9.52 Å². The van der Waals surface area contributed by atoms with Gasteiger partial charge in [0.15, 0.2) is 5.82 Å². The number of aliphatic carboxylic acids is 1. The molecule has 0 saturated heterocycles. The normalized spacial score (nSPS) is 16.2. The maximum absolute atomic E-state index is 10.8. The first kappa shape index (κ1) is 15.8. The van der Waals surface area contributed by atoms with Crippen molar-refractivity contribution < 1.29 is 14.3 Å². The summed E-state index contributed by atoms with van der Waals surface area (Å²) in [7, 11) is 0.